The van der Waals surface area contributed by atoms with Crippen molar-refractivity contribution in [2.24, 2.45) is 0 Å². The minimum Gasteiger partial charge on any atom is -0.480 e. The molecule has 1 aliphatic rings. The van der Waals surface area contributed by atoms with Crippen LogP contribution in [0.5, 0.6) is 0 Å². The number of hydrogen-bond acceptors (Lipinski definition) is 4. The number of nitrogens with one attached hydrogen (secondary N) is 2. The molecule has 1 saturated heterocycles. The van der Waals surface area contributed by atoms with Gasteiger partial charge < -0.3 is 25.4 Å². The fourth-order valence-corrected chi connectivity index (χ4v) is 2.41. The molecule has 7 nitrogen and oxygen atoms in total. The Kier molecular flexibility index (Phi) is 4.75. The van der Waals surface area contributed by atoms with Gasteiger partial charge in [0.05, 0.1) is 6.61 Å². The van der Waals surface area contributed by atoms with Crippen LogP contribution in [0.1, 0.15) is 29.4 Å². The van der Waals surface area contributed by atoms with Crippen molar-refractivity contribution in [3.63, 3.8) is 0 Å². The molecule has 1 fully saturated rings. The van der Waals surface area contributed by atoms with Gasteiger partial charge in [0.1, 0.15) is 5.69 Å². The van der Waals surface area contributed by atoms with Gasteiger partial charge in [-0.25, -0.2) is 4.79 Å². The molecule has 0 bridgehead atoms. The number of aromatic nitrogens is 1. The lowest BCUT2D eigenvalue weighted by Gasteiger charge is -2.26. The highest BCUT2D eigenvalue weighted by atomic mass is 16.4. The van der Waals surface area contributed by atoms with Crippen LogP contribution in [0.25, 0.3) is 0 Å². The molecule has 0 aromatic carbocycles. The van der Waals surface area contributed by atoms with E-state index in [0.29, 0.717) is 5.69 Å². The lowest BCUT2D eigenvalue weighted by Crippen LogP contribution is -2.44. The lowest BCUT2D eigenvalue weighted by molar-refractivity contribution is -0.140. The number of aliphatic hydroxyl groups is 1. The fourth-order valence-electron chi connectivity index (χ4n) is 2.41. The predicted octanol–water partition coefficient (Wildman–Crippen LogP) is -0.412. The monoisotopic (exact) mass is 281 g/mol. The number of rotatable bonds is 5. The summed E-state index contributed by atoms with van der Waals surface area (Å²) in [7, 11) is 0. The molecule has 4 N–H and O–H groups in total. The number of aliphatic carboxylic acids is 1. The standard InChI is InChI=1S/C13H19N3O4/c17-8-10(13(19)20)15-12(18)11-2-1-7-16(11)9-3-5-14-6-4-9/h1-2,7,9-10,14,17H,3-6,8H2,(H,15,18)(H,19,20)/t10-/m0/s1. The first-order valence-electron chi connectivity index (χ1n) is 6.65. The molecule has 1 aromatic rings. The zero-order valence-electron chi connectivity index (χ0n) is 11.1. The molecule has 1 amide bonds. The summed E-state index contributed by atoms with van der Waals surface area (Å²) in [6, 6.07) is 2.39. The number of carbonyl (C=O) groups is 2. The van der Waals surface area contributed by atoms with Crippen LogP contribution in [0.3, 0.4) is 0 Å². The van der Waals surface area contributed by atoms with Crippen LogP contribution in [-0.4, -0.2) is 52.4 Å². The highest BCUT2D eigenvalue weighted by Crippen LogP contribution is 2.21. The van der Waals surface area contributed by atoms with E-state index in [1.807, 2.05) is 10.8 Å². The molecule has 0 aliphatic carbocycles. The summed E-state index contributed by atoms with van der Waals surface area (Å²) in [6.07, 6.45) is 3.69. The average molecular weight is 281 g/mol. The molecule has 0 unspecified atom stereocenters. The summed E-state index contributed by atoms with van der Waals surface area (Å²) in [5.41, 5.74) is 0.427. The summed E-state index contributed by atoms with van der Waals surface area (Å²) >= 11 is 0. The van der Waals surface area contributed by atoms with Crippen molar-refractivity contribution >= 4 is 11.9 Å². The summed E-state index contributed by atoms with van der Waals surface area (Å²) in [5, 5.41) is 23.4. The van der Waals surface area contributed by atoms with Crippen LogP contribution in [0.2, 0.25) is 0 Å². The molecular formula is C13H19N3O4. The Morgan fingerprint density at radius 1 is 1.45 bits per heavy atom. The number of piperidine rings is 1. The first kappa shape index (κ1) is 14.5. The van der Waals surface area contributed by atoms with Gasteiger partial charge in [0, 0.05) is 12.2 Å². The quantitative estimate of drug-likeness (QED) is 0.587. The molecule has 0 radical (unpaired) electrons. The largest absolute Gasteiger partial charge is 0.480 e. The number of nitrogens with zero attached hydrogens (tertiary/aromatic N) is 1. The van der Waals surface area contributed by atoms with Gasteiger partial charge in [-0.3, -0.25) is 4.79 Å². The topological polar surface area (TPSA) is 104 Å². The van der Waals surface area contributed by atoms with E-state index < -0.39 is 24.5 Å². The van der Waals surface area contributed by atoms with Crippen molar-refractivity contribution in [1.82, 2.24) is 15.2 Å². The van der Waals surface area contributed by atoms with Crippen molar-refractivity contribution in [2.75, 3.05) is 19.7 Å². The highest BCUT2D eigenvalue weighted by molar-refractivity contribution is 5.95. The fraction of sp³-hybridized carbons (Fsp3) is 0.538. The number of aliphatic hydroxyl groups excluding tert-OH is 1. The second-order valence-electron chi connectivity index (χ2n) is 4.83. The van der Waals surface area contributed by atoms with Crippen LogP contribution in [0.15, 0.2) is 18.3 Å². The maximum atomic E-state index is 12.1. The van der Waals surface area contributed by atoms with E-state index in [0.717, 1.165) is 25.9 Å². The van der Waals surface area contributed by atoms with Crippen molar-refractivity contribution in [3.05, 3.63) is 24.0 Å². The molecule has 2 rings (SSSR count). The van der Waals surface area contributed by atoms with E-state index >= 15 is 0 Å². The highest BCUT2D eigenvalue weighted by Gasteiger charge is 2.23. The lowest BCUT2D eigenvalue weighted by atomic mass is 10.1. The second-order valence-corrected chi connectivity index (χ2v) is 4.83. The number of amides is 1. The van der Waals surface area contributed by atoms with Crippen LogP contribution < -0.4 is 10.6 Å². The van der Waals surface area contributed by atoms with Gasteiger partial charge in [0.15, 0.2) is 6.04 Å². The Morgan fingerprint density at radius 2 is 2.15 bits per heavy atom. The molecular weight excluding hydrogens is 262 g/mol. The molecule has 0 saturated carbocycles. The van der Waals surface area contributed by atoms with Gasteiger partial charge in [-0.2, -0.15) is 0 Å². The van der Waals surface area contributed by atoms with Crippen molar-refractivity contribution in [1.29, 1.82) is 0 Å². The van der Waals surface area contributed by atoms with E-state index in [1.54, 1.807) is 12.1 Å². The Morgan fingerprint density at radius 3 is 2.75 bits per heavy atom. The Hall–Kier alpha value is -1.86. The van der Waals surface area contributed by atoms with Crippen LogP contribution in [-0.2, 0) is 4.79 Å². The van der Waals surface area contributed by atoms with E-state index in [-0.39, 0.29) is 6.04 Å². The molecule has 1 aromatic heterocycles. The zero-order chi connectivity index (χ0) is 14.5. The number of carbonyl (C=O) groups excluding carboxylic acids is 1. The average Bonchev–Trinajstić information content (AvgIpc) is 2.94. The SMILES string of the molecule is O=C(N[C@@H](CO)C(=O)O)c1cccn1C1CCNCC1. The van der Waals surface area contributed by atoms with Gasteiger partial charge in [-0.15, -0.1) is 0 Å². The van der Waals surface area contributed by atoms with Gasteiger partial charge in [0.25, 0.3) is 5.91 Å². The van der Waals surface area contributed by atoms with Gasteiger partial charge in [-0.05, 0) is 38.1 Å². The molecule has 110 valence electrons. The number of hydrogen-bond donors (Lipinski definition) is 4. The van der Waals surface area contributed by atoms with Crippen LogP contribution >= 0.6 is 0 Å². The smallest absolute Gasteiger partial charge is 0.328 e. The summed E-state index contributed by atoms with van der Waals surface area (Å²) in [5.74, 6) is -1.73. The van der Waals surface area contributed by atoms with Crippen LogP contribution in [0, 0.1) is 0 Å². The first-order chi connectivity index (χ1) is 9.63. The third-order valence-electron chi connectivity index (χ3n) is 3.50. The van der Waals surface area contributed by atoms with Gasteiger partial charge in [-0.1, -0.05) is 0 Å². The molecule has 2 heterocycles. The Labute approximate surface area is 116 Å². The molecule has 1 atom stereocenters. The van der Waals surface area contributed by atoms with Crippen LogP contribution in [0.4, 0.5) is 0 Å². The van der Waals surface area contributed by atoms with Crippen molar-refractivity contribution < 1.29 is 19.8 Å². The van der Waals surface area contributed by atoms with E-state index in [4.69, 9.17) is 10.2 Å². The minimum atomic E-state index is -1.28. The van der Waals surface area contributed by atoms with E-state index in [1.165, 1.54) is 0 Å². The van der Waals surface area contributed by atoms with Gasteiger partial charge in [0.2, 0.25) is 0 Å². The Bertz CT molecular complexity index is 480. The maximum absolute atomic E-state index is 12.1. The Balaban J connectivity index is 2.10. The maximum Gasteiger partial charge on any atom is 0.328 e. The van der Waals surface area contributed by atoms with Gasteiger partial charge >= 0.3 is 5.97 Å². The first-order valence-corrected chi connectivity index (χ1v) is 6.65. The summed E-state index contributed by atoms with van der Waals surface area (Å²) in [6.45, 7) is 1.17. The number of carboxylic acids is 1. The zero-order valence-corrected chi connectivity index (χ0v) is 11.1. The molecule has 1 aliphatic heterocycles. The summed E-state index contributed by atoms with van der Waals surface area (Å²) < 4.78 is 1.88. The molecule has 20 heavy (non-hydrogen) atoms. The number of carboxylic acid groups (broad SMARTS) is 1. The summed E-state index contributed by atoms with van der Waals surface area (Å²) in [4.78, 5) is 23.0. The third-order valence-corrected chi connectivity index (χ3v) is 3.50. The minimum absolute atomic E-state index is 0.240. The molecule has 7 heteroatoms. The van der Waals surface area contributed by atoms with Crippen molar-refractivity contribution in [2.45, 2.75) is 24.9 Å². The van der Waals surface area contributed by atoms with E-state index in [9.17, 15) is 9.59 Å². The second kappa shape index (κ2) is 6.53. The van der Waals surface area contributed by atoms with Crippen molar-refractivity contribution in [3.8, 4) is 0 Å². The predicted molar refractivity (Wildman–Crippen MR) is 71.5 cm³/mol. The molecule has 0 spiro atoms. The normalized spacial score (nSPS) is 17.6. The van der Waals surface area contributed by atoms with E-state index in [2.05, 4.69) is 10.6 Å². The third kappa shape index (κ3) is 3.17.